The molecule has 0 spiro atoms. The van der Waals surface area contributed by atoms with Crippen LogP contribution >= 0.6 is 0 Å². The fraction of sp³-hybridized carbons (Fsp3) is 0.800. The van der Waals surface area contributed by atoms with Gasteiger partial charge in [0.05, 0.1) is 0 Å². The molecule has 0 heterocycles. The predicted molar refractivity (Wildman–Crippen MR) is 55.0 cm³/mol. The molecule has 0 saturated carbocycles. The van der Waals surface area contributed by atoms with E-state index in [2.05, 4.69) is 6.58 Å². The smallest absolute Gasteiger partial charge is 0.00772 e. The molecule has 0 aromatic rings. The van der Waals surface area contributed by atoms with E-state index < -0.39 is 0 Å². The highest BCUT2D eigenvalue weighted by Gasteiger charge is 1.94. The van der Waals surface area contributed by atoms with Crippen molar-refractivity contribution in [2.24, 2.45) is 11.5 Å². The van der Waals surface area contributed by atoms with E-state index in [9.17, 15) is 0 Å². The molecule has 72 valence electrons. The quantitative estimate of drug-likeness (QED) is 0.431. The molecule has 12 heavy (non-hydrogen) atoms. The standard InChI is InChI=1S/C10H22N2/c1-10(6-2-4-8-11)7-3-5-9-12/h1-9,11-12H2. The number of unbranched alkanes of at least 4 members (excludes halogenated alkanes) is 2. The molecule has 0 aliphatic rings. The fourth-order valence-corrected chi connectivity index (χ4v) is 1.16. The highest BCUT2D eigenvalue weighted by atomic mass is 14.5. The lowest BCUT2D eigenvalue weighted by molar-refractivity contribution is 0.682. The Morgan fingerprint density at radius 1 is 0.833 bits per heavy atom. The van der Waals surface area contributed by atoms with Gasteiger partial charge in [-0.2, -0.15) is 0 Å². The lowest BCUT2D eigenvalue weighted by Crippen LogP contribution is -1.99. The second-order valence-electron chi connectivity index (χ2n) is 3.24. The summed E-state index contributed by atoms with van der Waals surface area (Å²) in [6.45, 7) is 5.62. The van der Waals surface area contributed by atoms with Crippen molar-refractivity contribution < 1.29 is 0 Å². The van der Waals surface area contributed by atoms with Gasteiger partial charge in [0.1, 0.15) is 0 Å². The molecule has 2 nitrogen and oxygen atoms in total. The Labute approximate surface area is 76.0 Å². The molecule has 0 saturated heterocycles. The SMILES string of the molecule is C=C(CCCCN)CCCCN. The first-order valence-corrected chi connectivity index (χ1v) is 4.88. The molecule has 0 unspecified atom stereocenters. The molecule has 0 aromatic heterocycles. The van der Waals surface area contributed by atoms with Crippen LogP contribution in [0.2, 0.25) is 0 Å². The van der Waals surface area contributed by atoms with E-state index in [0.717, 1.165) is 38.8 Å². The van der Waals surface area contributed by atoms with Gasteiger partial charge < -0.3 is 11.5 Å². The minimum Gasteiger partial charge on any atom is -0.330 e. The normalized spacial score (nSPS) is 10.2. The highest BCUT2D eigenvalue weighted by molar-refractivity contribution is 4.93. The summed E-state index contributed by atoms with van der Waals surface area (Å²) in [6.07, 6.45) is 6.91. The van der Waals surface area contributed by atoms with Gasteiger partial charge in [-0.3, -0.25) is 0 Å². The Morgan fingerprint density at radius 2 is 1.25 bits per heavy atom. The van der Waals surface area contributed by atoms with Crippen molar-refractivity contribution >= 4 is 0 Å². The Morgan fingerprint density at radius 3 is 1.58 bits per heavy atom. The molecule has 0 bridgehead atoms. The molecule has 0 amide bonds. The molecule has 0 aliphatic heterocycles. The summed E-state index contributed by atoms with van der Waals surface area (Å²) < 4.78 is 0. The van der Waals surface area contributed by atoms with E-state index in [-0.39, 0.29) is 0 Å². The van der Waals surface area contributed by atoms with Crippen molar-refractivity contribution in [2.75, 3.05) is 13.1 Å². The van der Waals surface area contributed by atoms with Crippen molar-refractivity contribution in [1.29, 1.82) is 0 Å². The third-order valence-corrected chi connectivity index (χ3v) is 1.97. The van der Waals surface area contributed by atoms with Crippen LogP contribution in [0.25, 0.3) is 0 Å². The number of nitrogens with two attached hydrogens (primary N) is 2. The fourth-order valence-electron chi connectivity index (χ4n) is 1.16. The Hall–Kier alpha value is -0.340. The topological polar surface area (TPSA) is 52.0 Å². The monoisotopic (exact) mass is 170 g/mol. The summed E-state index contributed by atoms with van der Waals surface area (Å²) in [7, 11) is 0. The van der Waals surface area contributed by atoms with Crippen LogP contribution in [0.1, 0.15) is 38.5 Å². The third kappa shape index (κ3) is 7.76. The molecule has 0 rings (SSSR count). The van der Waals surface area contributed by atoms with Gasteiger partial charge in [-0.25, -0.2) is 0 Å². The third-order valence-electron chi connectivity index (χ3n) is 1.97. The molecule has 4 N–H and O–H groups in total. The molecule has 2 heteroatoms. The minimum atomic E-state index is 0.802. The number of hydrogen-bond acceptors (Lipinski definition) is 2. The number of allylic oxidation sites excluding steroid dienone is 1. The Kier molecular flexibility index (Phi) is 8.51. The van der Waals surface area contributed by atoms with Crippen LogP contribution < -0.4 is 11.5 Å². The summed E-state index contributed by atoms with van der Waals surface area (Å²) in [6, 6.07) is 0. The van der Waals surface area contributed by atoms with Crippen LogP contribution in [0.5, 0.6) is 0 Å². The van der Waals surface area contributed by atoms with Crippen molar-refractivity contribution in [3.63, 3.8) is 0 Å². The van der Waals surface area contributed by atoms with Gasteiger partial charge in [0, 0.05) is 0 Å². The van der Waals surface area contributed by atoms with Gasteiger partial charge in [-0.1, -0.05) is 12.2 Å². The summed E-state index contributed by atoms with van der Waals surface area (Å²) in [5.74, 6) is 0. The zero-order valence-electron chi connectivity index (χ0n) is 8.02. The summed E-state index contributed by atoms with van der Waals surface area (Å²) >= 11 is 0. The van der Waals surface area contributed by atoms with Crippen molar-refractivity contribution in [3.8, 4) is 0 Å². The molecular weight excluding hydrogens is 148 g/mol. The van der Waals surface area contributed by atoms with Crippen LogP contribution in [0.4, 0.5) is 0 Å². The van der Waals surface area contributed by atoms with E-state index in [1.807, 2.05) is 0 Å². The average Bonchev–Trinajstić information content (AvgIpc) is 2.06. The van der Waals surface area contributed by atoms with Crippen LogP contribution in [0.15, 0.2) is 12.2 Å². The second kappa shape index (κ2) is 8.75. The van der Waals surface area contributed by atoms with Crippen molar-refractivity contribution in [3.05, 3.63) is 12.2 Å². The van der Waals surface area contributed by atoms with Gasteiger partial charge in [-0.15, -0.1) is 0 Å². The second-order valence-corrected chi connectivity index (χ2v) is 3.24. The van der Waals surface area contributed by atoms with E-state index in [0.29, 0.717) is 0 Å². The highest BCUT2D eigenvalue weighted by Crippen LogP contribution is 2.11. The zero-order chi connectivity index (χ0) is 9.23. The van der Waals surface area contributed by atoms with E-state index in [4.69, 9.17) is 11.5 Å². The molecule has 0 atom stereocenters. The molecular formula is C10H22N2. The van der Waals surface area contributed by atoms with Gasteiger partial charge in [-0.05, 0) is 51.6 Å². The lowest BCUT2D eigenvalue weighted by Gasteiger charge is -2.03. The summed E-state index contributed by atoms with van der Waals surface area (Å²) in [5.41, 5.74) is 12.1. The first kappa shape index (κ1) is 11.7. The summed E-state index contributed by atoms with van der Waals surface area (Å²) in [5, 5.41) is 0. The largest absolute Gasteiger partial charge is 0.330 e. The van der Waals surface area contributed by atoms with Crippen LogP contribution in [-0.2, 0) is 0 Å². The van der Waals surface area contributed by atoms with Gasteiger partial charge in [0.25, 0.3) is 0 Å². The maximum atomic E-state index is 5.39. The van der Waals surface area contributed by atoms with E-state index in [1.54, 1.807) is 0 Å². The van der Waals surface area contributed by atoms with Gasteiger partial charge >= 0.3 is 0 Å². The maximum absolute atomic E-state index is 5.39. The Bertz CT molecular complexity index is 98.4. The first-order chi connectivity index (χ1) is 5.81. The van der Waals surface area contributed by atoms with E-state index in [1.165, 1.54) is 18.4 Å². The maximum Gasteiger partial charge on any atom is -0.00772 e. The van der Waals surface area contributed by atoms with Crippen LogP contribution in [-0.4, -0.2) is 13.1 Å². The minimum absolute atomic E-state index is 0.802. The predicted octanol–water partition coefficient (Wildman–Crippen LogP) is 1.80. The zero-order valence-corrected chi connectivity index (χ0v) is 8.02. The molecule has 0 radical (unpaired) electrons. The lowest BCUT2D eigenvalue weighted by atomic mass is 10.0. The first-order valence-electron chi connectivity index (χ1n) is 4.88. The van der Waals surface area contributed by atoms with Gasteiger partial charge in [0.15, 0.2) is 0 Å². The Balaban J connectivity index is 3.10. The van der Waals surface area contributed by atoms with Crippen molar-refractivity contribution in [1.82, 2.24) is 0 Å². The number of hydrogen-bond donors (Lipinski definition) is 2. The van der Waals surface area contributed by atoms with Gasteiger partial charge in [0.2, 0.25) is 0 Å². The van der Waals surface area contributed by atoms with E-state index >= 15 is 0 Å². The number of rotatable bonds is 8. The average molecular weight is 170 g/mol. The molecule has 0 aliphatic carbocycles. The van der Waals surface area contributed by atoms with Crippen molar-refractivity contribution in [2.45, 2.75) is 38.5 Å². The van der Waals surface area contributed by atoms with Crippen LogP contribution in [0.3, 0.4) is 0 Å². The summed E-state index contributed by atoms with van der Waals surface area (Å²) in [4.78, 5) is 0. The molecule has 0 fully saturated rings. The molecule has 0 aromatic carbocycles. The van der Waals surface area contributed by atoms with Crippen LogP contribution in [0, 0.1) is 0 Å².